The van der Waals surface area contributed by atoms with Crippen molar-refractivity contribution >= 4 is 29.0 Å². The Morgan fingerprint density at radius 3 is 1.23 bits per heavy atom. The third-order valence-corrected chi connectivity index (χ3v) is 3.99. The second kappa shape index (κ2) is 23.5. The fourth-order valence-electron chi connectivity index (χ4n) is 2.65. The molecule has 3 N–H and O–H groups in total. The summed E-state index contributed by atoms with van der Waals surface area (Å²) in [6, 6.07) is 0. The first kappa shape index (κ1) is 27.1. The van der Waals surface area contributed by atoms with Gasteiger partial charge in [-0.25, -0.2) is 0 Å². The minimum atomic E-state index is -0.653. The maximum atomic E-state index is 10.3. The molecular formula is C18H40MgO3. The second-order valence-corrected chi connectivity index (χ2v) is 6.09. The molecule has 0 rings (SSSR count). The van der Waals surface area contributed by atoms with Gasteiger partial charge >= 0.3 is 29.0 Å². The molecule has 0 heterocycles. The van der Waals surface area contributed by atoms with E-state index in [1.807, 2.05) is 0 Å². The minimum absolute atomic E-state index is 0. The van der Waals surface area contributed by atoms with Crippen LogP contribution in [0, 0.1) is 0 Å². The van der Waals surface area contributed by atoms with E-state index in [0.717, 1.165) is 12.8 Å². The van der Waals surface area contributed by atoms with Crippen LogP contribution < -0.4 is 0 Å². The summed E-state index contributed by atoms with van der Waals surface area (Å²) in [4.78, 5) is 10.3. The molecule has 0 radical (unpaired) electrons. The molecule has 0 atom stereocenters. The Bertz CT molecular complexity index is 220. The van der Waals surface area contributed by atoms with E-state index in [0.29, 0.717) is 6.42 Å². The fourth-order valence-corrected chi connectivity index (χ4v) is 2.65. The summed E-state index contributed by atoms with van der Waals surface area (Å²) in [7, 11) is 0. The van der Waals surface area contributed by atoms with Gasteiger partial charge in [0.05, 0.1) is 0 Å². The van der Waals surface area contributed by atoms with Crippen LogP contribution in [0.15, 0.2) is 0 Å². The van der Waals surface area contributed by atoms with Gasteiger partial charge in [-0.3, -0.25) is 4.79 Å². The standard InChI is InChI=1S/C18H36O2.Mg.H2O.2H/c1-2-3-4-5-6-7-8-9-10-11-12-13-14-15-16-17-18(19)20;;;;/h2-17H2,1H3,(H,19,20);;1H2;;/q;+2;;2*-1. The van der Waals surface area contributed by atoms with Crippen LogP contribution >= 0.6 is 0 Å². The first-order valence-corrected chi connectivity index (χ1v) is 8.99. The van der Waals surface area contributed by atoms with Crippen LogP contribution in [0.4, 0.5) is 0 Å². The summed E-state index contributed by atoms with van der Waals surface area (Å²) in [5.74, 6) is -0.653. The second-order valence-electron chi connectivity index (χ2n) is 6.09. The van der Waals surface area contributed by atoms with E-state index >= 15 is 0 Å². The first-order chi connectivity index (χ1) is 9.77. The number of carboxylic acids is 1. The molecule has 0 saturated heterocycles. The Kier molecular flexibility index (Phi) is 28.9. The molecule has 3 nitrogen and oxygen atoms in total. The van der Waals surface area contributed by atoms with Crippen LogP contribution in [-0.2, 0) is 4.79 Å². The molecule has 0 spiro atoms. The van der Waals surface area contributed by atoms with E-state index < -0.39 is 5.97 Å². The van der Waals surface area contributed by atoms with Crippen molar-refractivity contribution in [2.45, 2.75) is 110 Å². The topological polar surface area (TPSA) is 68.8 Å². The van der Waals surface area contributed by atoms with Crippen LogP contribution in [0.1, 0.15) is 113 Å². The zero-order valence-electron chi connectivity index (χ0n) is 16.9. The van der Waals surface area contributed by atoms with Crippen molar-refractivity contribution < 1.29 is 18.2 Å². The van der Waals surface area contributed by atoms with Gasteiger partial charge in [-0.2, -0.15) is 0 Å². The zero-order valence-corrected chi connectivity index (χ0v) is 16.3. The molecular weight excluding hydrogens is 288 g/mol. The molecule has 0 aliphatic rings. The molecule has 22 heavy (non-hydrogen) atoms. The molecule has 4 heteroatoms. The predicted octanol–water partition coefficient (Wildman–Crippen LogP) is 5.35. The molecule has 0 aromatic heterocycles. The van der Waals surface area contributed by atoms with E-state index in [1.165, 1.54) is 83.5 Å². The molecule has 0 bridgehead atoms. The van der Waals surface area contributed by atoms with Crippen molar-refractivity contribution in [1.82, 2.24) is 0 Å². The van der Waals surface area contributed by atoms with Gasteiger partial charge in [0.2, 0.25) is 0 Å². The molecule has 0 aliphatic heterocycles. The van der Waals surface area contributed by atoms with Gasteiger partial charge in [0, 0.05) is 6.42 Å². The third-order valence-electron chi connectivity index (χ3n) is 3.99. The van der Waals surface area contributed by atoms with Gasteiger partial charge < -0.3 is 13.4 Å². The fraction of sp³-hybridized carbons (Fsp3) is 0.944. The summed E-state index contributed by atoms with van der Waals surface area (Å²) >= 11 is 0. The van der Waals surface area contributed by atoms with Crippen LogP contribution in [0.5, 0.6) is 0 Å². The van der Waals surface area contributed by atoms with Crippen molar-refractivity contribution in [2.24, 2.45) is 0 Å². The molecule has 0 unspecified atom stereocenters. The summed E-state index contributed by atoms with van der Waals surface area (Å²) in [5, 5.41) is 8.52. The molecule has 0 amide bonds. The number of unbranched alkanes of at least 4 members (excludes halogenated alkanes) is 14. The average molecular weight is 329 g/mol. The quantitative estimate of drug-likeness (QED) is 0.306. The van der Waals surface area contributed by atoms with E-state index in [2.05, 4.69) is 6.92 Å². The van der Waals surface area contributed by atoms with Crippen molar-refractivity contribution in [2.75, 3.05) is 0 Å². The molecule has 0 aliphatic carbocycles. The van der Waals surface area contributed by atoms with E-state index in [-0.39, 0.29) is 31.4 Å². The Balaban J connectivity index is -0.000000301. The van der Waals surface area contributed by atoms with Gasteiger partial charge in [-0.15, -0.1) is 0 Å². The van der Waals surface area contributed by atoms with Crippen LogP contribution in [0.2, 0.25) is 0 Å². The number of hydrogen-bond donors (Lipinski definition) is 1. The summed E-state index contributed by atoms with van der Waals surface area (Å²) in [5.41, 5.74) is 0. The van der Waals surface area contributed by atoms with Crippen LogP contribution in [0.25, 0.3) is 0 Å². The minimum Gasteiger partial charge on any atom is -1.00 e. The van der Waals surface area contributed by atoms with Gasteiger partial charge in [0.25, 0.3) is 0 Å². The number of hydrogen-bond acceptors (Lipinski definition) is 1. The molecule has 0 aromatic carbocycles. The third kappa shape index (κ3) is 25.2. The van der Waals surface area contributed by atoms with Gasteiger partial charge in [0.1, 0.15) is 0 Å². The van der Waals surface area contributed by atoms with Crippen molar-refractivity contribution in [3.8, 4) is 0 Å². The van der Waals surface area contributed by atoms with Gasteiger partial charge in [-0.05, 0) is 6.42 Å². The molecule has 0 aromatic rings. The van der Waals surface area contributed by atoms with Gasteiger partial charge in [-0.1, -0.05) is 96.8 Å². The number of carbonyl (C=O) groups is 1. The molecule has 132 valence electrons. The summed E-state index contributed by atoms with van der Waals surface area (Å²) < 4.78 is 0. The van der Waals surface area contributed by atoms with Crippen molar-refractivity contribution in [1.29, 1.82) is 0 Å². The maximum Gasteiger partial charge on any atom is 2.00 e. The summed E-state index contributed by atoms with van der Waals surface area (Å²) in [6.07, 6.45) is 20.2. The summed E-state index contributed by atoms with van der Waals surface area (Å²) in [6.45, 7) is 2.27. The smallest absolute Gasteiger partial charge is 1.00 e. The van der Waals surface area contributed by atoms with Gasteiger partial charge in [0.15, 0.2) is 0 Å². The SMILES string of the molecule is CCCCCCCCCCCCCCCCCC(=O)O.O.[H-].[H-].[Mg+2]. The normalized spacial score (nSPS) is 9.86. The largest absolute Gasteiger partial charge is 2.00 e. The maximum absolute atomic E-state index is 10.3. The number of carboxylic acid groups (broad SMARTS) is 1. The van der Waals surface area contributed by atoms with Crippen LogP contribution in [0.3, 0.4) is 0 Å². The van der Waals surface area contributed by atoms with Crippen LogP contribution in [-0.4, -0.2) is 39.6 Å². The molecule has 0 fully saturated rings. The average Bonchev–Trinajstić information content (AvgIpc) is 2.43. The van der Waals surface area contributed by atoms with E-state index in [4.69, 9.17) is 5.11 Å². The number of aliphatic carboxylic acids is 1. The zero-order chi connectivity index (χ0) is 14.9. The Hall–Kier alpha value is 0.196. The first-order valence-electron chi connectivity index (χ1n) is 8.99. The Morgan fingerprint density at radius 2 is 0.955 bits per heavy atom. The molecule has 0 saturated carbocycles. The van der Waals surface area contributed by atoms with Crippen molar-refractivity contribution in [3.05, 3.63) is 0 Å². The van der Waals surface area contributed by atoms with E-state index in [9.17, 15) is 4.79 Å². The number of rotatable bonds is 16. The van der Waals surface area contributed by atoms with E-state index in [1.54, 1.807) is 0 Å². The predicted molar refractivity (Wildman–Crippen MR) is 98.8 cm³/mol. The van der Waals surface area contributed by atoms with Crippen molar-refractivity contribution in [3.63, 3.8) is 0 Å². The Morgan fingerprint density at radius 1 is 0.682 bits per heavy atom. The monoisotopic (exact) mass is 328 g/mol. The Labute approximate surface area is 157 Å².